The number of carbonyl (C=O) groups excluding carboxylic acids is 3. The number of hydrogen-bond acceptors (Lipinski definition) is 5. The highest BCUT2D eigenvalue weighted by Gasteiger charge is 2.42. The van der Waals surface area contributed by atoms with Crippen LogP contribution in [0, 0.1) is 6.92 Å². The van der Waals surface area contributed by atoms with Gasteiger partial charge in [0.05, 0.1) is 10.6 Å². The maximum atomic E-state index is 13.3. The smallest absolute Gasteiger partial charge is 0.326 e. The number of carbonyl (C=O) groups is 3. The van der Waals surface area contributed by atoms with E-state index in [9.17, 15) is 22.8 Å². The van der Waals surface area contributed by atoms with Crippen LogP contribution in [0.2, 0.25) is 0 Å². The first kappa shape index (κ1) is 23.9. The second-order valence-corrected chi connectivity index (χ2v) is 10.4. The average Bonchev–Trinajstić information content (AvgIpc) is 3.13. The Labute approximate surface area is 199 Å². The first-order valence-electron chi connectivity index (χ1n) is 11.3. The minimum atomic E-state index is -3.73. The van der Waals surface area contributed by atoms with Crippen molar-refractivity contribution >= 4 is 39.2 Å². The molecule has 0 unspecified atom stereocenters. The van der Waals surface area contributed by atoms with Gasteiger partial charge < -0.3 is 10.2 Å². The molecule has 0 atom stereocenters. The summed E-state index contributed by atoms with van der Waals surface area (Å²) in [6.07, 6.45) is 1.23. The molecule has 2 fully saturated rings. The highest BCUT2D eigenvalue weighted by Crippen LogP contribution is 2.29. The summed E-state index contributed by atoms with van der Waals surface area (Å²) >= 11 is 0. The van der Waals surface area contributed by atoms with Crippen LogP contribution in [0.3, 0.4) is 0 Å². The minimum Gasteiger partial charge on any atom is -0.326 e. The molecule has 0 aromatic heterocycles. The molecule has 0 bridgehead atoms. The summed E-state index contributed by atoms with van der Waals surface area (Å²) in [5, 5.41) is 2.73. The average molecular weight is 485 g/mol. The van der Waals surface area contributed by atoms with Crippen molar-refractivity contribution in [3.05, 3.63) is 54.1 Å². The standard InChI is InChI=1S/C24H28N4O5S/c1-3-22(29)25-18-9-10-21(17(2)15-18)34(32,33)26-13-11-19(12-14-26)27-16-23(30)28(24(27)31)20-7-5-4-6-8-20/h4-10,15,19H,3,11-14,16H2,1-2H3,(H,25,29). The van der Waals surface area contributed by atoms with E-state index in [4.69, 9.17) is 0 Å². The zero-order valence-electron chi connectivity index (χ0n) is 19.2. The van der Waals surface area contributed by atoms with E-state index in [2.05, 4.69) is 5.32 Å². The van der Waals surface area contributed by atoms with Crippen LogP contribution in [-0.2, 0) is 19.6 Å². The van der Waals surface area contributed by atoms with Crippen LogP contribution in [0.15, 0.2) is 53.4 Å². The fourth-order valence-electron chi connectivity index (χ4n) is 4.44. The van der Waals surface area contributed by atoms with Crippen LogP contribution in [0.1, 0.15) is 31.7 Å². The van der Waals surface area contributed by atoms with Gasteiger partial charge in [0.1, 0.15) is 6.54 Å². The van der Waals surface area contributed by atoms with Crippen molar-refractivity contribution in [2.75, 3.05) is 29.9 Å². The number of anilines is 2. The van der Waals surface area contributed by atoms with E-state index in [0.717, 1.165) is 0 Å². The maximum absolute atomic E-state index is 13.3. The molecule has 180 valence electrons. The predicted molar refractivity (Wildman–Crippen MR) is 128 cm³/mol. The molecule has 4 rings (SSSR count). The summed E-state index contributed by atoms with van der Waals surface area (Å²) in [7, 11) is -3.73. The van der Waals surface area contributed by atoms with Crippen LogP contribution in [0.5, 0.6) is 0 Å². The quantitative estimate of drug-likeness (QED) is 0.635. The fourth-order valence-corrected chi connectivity index (χ4v) is 6.11. The Balaban J connectivity index is 1.43. The van der Waals surface area contributed by atoms with Crippen LogP contribution < -0.4 is 10.2 Å². The molecule has 0 saturated carbocycles. The zero-order valence-corrected chi connectivity index (χ0v) is 20.0. The lowest BCUT2D eigenvalue weighted by Crippen LogP contribution is -2.48. The highest BCUT2D eigenvalue weighted by molar-refractivity contribution is 7.89. The van der Waals surface area contributed by atoms with Crippen LogP contribution >= 0.6 is 0 Å². The second kappa shape index (κ2) is 9.55. The minimum absolute atomic E-state index is 0.00477. The summed E-state index contributed by atoms with van der Waals surface area (Å²) in [5.41, 5.74) is 1.64. The van der Waals surface area contributed by atoms with Crippen molar-refractivity contribution in [1.82, 2.24) is 9.21 Å². The van der Waals surface area contributed by atoms with E-state index in [1.807, 2.05) is 6.07 Å². The Morgan fingerprint density at radius 1 is 1.06 bits per heavy atom. The third kappa shape index (κ3) is 4.55. The van der Waals surface area contributed by atoms with Crippen molar-refractivity contribution in [3.8, 4) is 0 Å². The van der Waals surface area contributed by atoms with E-state index in [-0.39, 0.29) is 48.4 Å². The number of hydrogen-bond donors (Lipinski definition) is 1. The Morgan fingerprint density at radius 3 is 2.35 bits per heavy atom. The number of nitrogens with one attached hydrogen (secondary N) is 1. The molecule has 9 nitrogen and oxygen atoms in total. The molecule has 34 heavy (non-hydrogen) atoms. The van der Waals surface area contributed by atoms with Gasteiger partial charge in [0.2, 0.25) is 15.9 Å². The molecule has 0 radical (unpaired) electrons. The molecule has 0 spiro atoms. The highest BCUT2D eigenvalue weighted by atomic mass is 32.2. The topological polar surface area (TPSA) is 107 Å². The molecular weight excluding hydrogens is 456 g/mol. The number of aryl methyl sites for hydroxylation is 1. The van der Waals surface area contributed by atoms with Gasteiger partial charge in [0.25, 0.3) is 5.91 Å². The molecule has 2 saturated heterocycles. The van der Waals surface area contributed by atoms with Crippen LogP contribution in [0.4, 0.5) is 16.2 Å². The lowest BCUT2D eigenvalue weighted by atomic mass is 10.1. The number of amides is 4. The van der Waals surface area contributed by atoms with Gasteiger partial charge in [0.15, 0.2) is 0 Å². The predicted octanol–water partition coefficient (Wildman–Crippen LogP) is 2.97. The van der Waals surface area contributed by atoms with Gasteiger partial charge in [-0.15, -0.1) is 0 Å². The van der Waals surface area contributed by atoms with E-state index in [1.54, 1.807) is 55.1 Å². The number of piperidine rings is 1. The molecule has 2 aromatic rings. The van der Waals surface area contributed by atoms with Gasteiger partial charge in [-0.05, 0) is 55.7 Å². The van der Waals surface area contributed by atoms with Gasteiger partial charge in [0, 0.05) is 31.2 Å². The number of rotatable bonds is 6. The number of benzene rings is 2. The second-order valence-electron chi connectivity index (χ2n) is 8.49. The molecule has 1 N–H and O–H groups in total. The Morgan fingerprint density at radius 2 is 1.74 bits per heavy atom. The summed E-state index contributed by atoms with van der Waals surface area (Å²) < 4.78 is 28.0. The first-order chi connectivity index (χ1) is 16.2. The largest absolute Gasteiger partial charge is 0.332 e. The molecule has 4 amide bonds. The van der Waals surface area contributed by atoms with Crippen LogP contribution in [0.25, 0.3) is 0 Å². The Hall–Kier alpha value is -3.24. The zero-order chi connectivity index (χ0) is 24.5. The van der Waals surface area contributed by atoms with E-state index in [1.165, 1.54) is 15.3 Å². The SMILES string of the molecule is CCC(=O)Nc1ccc(S(=O)(=O)N2CCC(N3CC(=O)N(c4ccccc4)C3=O)CC2)c(C)c1. The summed E-state index contributed by atoms with van der Waals surface area (Å²) in [6, 6.07) is 13.0. The third-order valence-electron chi connectivity index (χ3n) is 6.27. The number of urea groups is 1. The van der Waals surface area contributed by atoms with Gasteiger partial charge in [-0.1, -0.05) is 25.1 Å². The van der Waals surface area contributed by atoms with Crippen molar-refractivity contribution in [2.45, 2.75) is 44.0 Å². The molecule has 2 aromatic carbocycles. The van der Waals surface area contributed by atoms with E-state index >= 15 is 0 Å². The lowest BCUT2D eigenvalue weighted by Gasteiger charge is -2.35. The van der Waals surface area contributed by atoms with Crippen molar-refractivity contribution in [3.63, 3.8) is 0 Å². The summed E-state index contributed by atoms with van der Waals surface area (Å²) in [6.45, 7) is 3.95. The van der Waals surface area contributed by atoms with Gasteiger partial charge >= 0.3 is 6.03 Å². The molecular formula is C24H28N4O5S. The van der Waals surface area contributed by atoms with Crippen molar-refractivity contribution in [1.29, 1.82) is 0 Å². The number of imide groups is 1. The molecule has 2 heterocycles. The number of nitrogens with zero attached hydrogens (tertiary/aromatic N) is 3. The molecule has 2 aliphatic heterocycles. The number of sulfonamides is 1. The summed E-state index contributed by atoms with van der Waals surface area (Å²) in [4.78, 5) is 40.0. The fraction of sp³-hybridized carbons (Fsp3) is 0.375. The lowest BCUT2D eigenvalue weighted by molar-refractivity contribution is -0.117. The molecule has 10 heteroatoms. The first-order valence-corrected chi connectivity index (χ1v) is 12.8. The number of para-hydroxylation sites is 1. The van der Waals surface area contributed by atoms with Crippen molar-refractivity contribution in [2.24, 2.45) is 0 Å². The van der Waals surface area contributed by atoms with Crippen LogP contribution in [-0.4, -0.2) is 61.1 Å². The van der Waals surface area contributed by atoms with Crippen molar-refractivity contribution < 1.29 is 22.8 Å². The van der Waals surface area contributed by atoms with Gasteiger partial charge in [-0.25, -0.2) is 18.1 Å². The summed E-state index contributed by atoms with van der Waals surface area (Å²) in [5.74, 6) is -0.421. The van der Waals surface area contributed by atoms with Gasteiger partial charge in [-0.2, -0.15) is 4.31 Å². The third-order valence-corrected chi connectivity index (χ3v) is 8.33. The molecule has 2 aliphatic rings. The van der Waals surface area contributed by atoms with E-state index in [0.29, 0.717) is 36.2 Å². The molecule has 0 aliphatic carbocycles. The Kier molecular flexibility index (Phi) is 6.72. The van der Waals surface area contributed by atoms with E-state index < -0.39 is 10.0 Å². The van der Waals surface area contributed by atoms with Gasteiger partial charge in [-0.3, -0.25) is 9.59 Å². The monoisotopic (exact) mass is 484 g/mol. The maximum Gasteiger partial charge on any atom is 0.332 e. The Bertz CT molecular complexity index is 1210. The normalized spacial score (nSPS) is 17.9.